The van der Waals surface area contributed by atoms with Gasteiger partial charge in [0.25, 0.3) is 0 Å². The van der Waals surface area contributed by atoms with Crippen molar-refractivity contribution in [3.05, 3.63) is 17.2 Å². The van der Waals surface area contributed by atoms with E-state index in [0.717, 1.165) is 31.4 Å². The Kier molecular flexibility index (Phi) is 4.77. The Morgan fingerprint density at radius 2 is 1.68 bits per heavy atom. The summed E-state index contributed by atoms with van der Waals surface area (Å²) < 4.78 is 10.5. The first-order chi connectivity index (χ1) is 9.13. The quantitative estimate of drug-likeness (QED) is 0.892. The Morgan fingerprint density at radius 1 is 1.11 bits per heavy atom. The molecule has 19 heavy (non-hydrogen) atoms. The lowest BCUT2D eigenvalue weighted by Crippen LogP contribution is -2.32. The molecule has 0 heterocycles. The zero-order valence-corrected chi connectivity index (χ0v) is 12.2. The molecule has 0 atom stereocenters. The molecule has 1 aliphatic rings. The van der Waals surface area contributed by atoms with Crippen LogP contribution in [0.5, 0.6) is 11.5 Å². The van der Waals surface area contributed by atoms with Crippen molar-refractivity contribution in [2.45, 2.75) is 37.8 Å². The number of halogens is 1. The smallest absolute Gasteiger partial charge is 0.162 e. The number of ether oxygens (including phenoxy) is 2. The highest BCUT2D eigenvalue weighted by molar-refractivity contribution is 6.33. The molecular formula is C14H21ClN2O2. The number of nitrogens with two attached hydrogens (primary N) is 1. The van der Waals surface area contributed by atoms with Crippen LogP contribution in [0.15, 0.2) is 12.1 Å². The van der Waals surface area contributed by atoms with Crippen LogP contribution in [0, 0.1) is 0 Å². The Labute approximate surface area is 119 Å². The van der Waals surface area contributed by atoms with Gasteiger partial charge in [-0.1, -0.05) is 11.6 Å². The largest absolute Gasteiger partial charge is 0.493 e. The number of nitrogens with one attached hydrogen (secondary N) is 1. The highest BCUT2D eigenvalue weighted by Crippen LogP contribution is 2.37. The van der Waals surface area contributed by atoms with E-state index in [2.05, 4.69) is 5.32 Å². The van der Waals surface area contributed by atoms with E-state index in [4.69, 9.17) is 26.8 Å². The van der Waals surface area contributed by atoms with E-state index in [1.165, 1.54) is 0 Å². The van der Waals surface area contributed by atoms with Crippen LogP contribution in [0.1, 0.15) is 25.7 Å². The topological polar surface area (TPSA) is 56.5 Å². The van der Waals surface area contributed by atoms with E-state index in [1.54, 1.807) is 20.3 Å². The predicted molar refractivity (Wildman–Crippen MR) is 78.4 cm³/mol. The van der Waals surface area contributed by atoms with E-state index < -0.39 is 0 Å². The second kappa shape index (κ2) is 6.35. The van der Waals surface area contributed by atoms with Crippen molar-refractivity contribution < 1.29 is 9.47 Å². The molecule has 0 aromatic heterocycles. The van der Waals surface area contributed by atoms with Crippen LogP contribution >= 0.6 is 11.6 Å². The summed E-state index contributed by atoms with van der Waals surface area (Å²) >= 11 is 6.26. The molecule has 0 radical (unpaired) electrons. The summed E-state index contributed by atoms with van der Waals surface area (Å²) in [6, 6.07) is 4.43. The fourth-order valence-corrected chi connectivity index (χ4v) is 2.66. The minimum absolute atomic E-state index is 0.346. The molecule has 0 spiro atoms. The zero-order valence-electron chi connectivity index (χ0n) is 11.4. The van der Waals surface area contributed by atoms with Crippen LogP contribution in [-0.2, 0) is 0 Å². The van der Waals surface area contributed by atoms with Gasteiger partial charge in [-0.25, -0.2) is 0 Å². The van der Waals surface area contributed by atoms with Gasteiger partial charge in [-0.3, -0.25) is 0 Å². The van der Waals surface area contributed by atoms with Crippen molar-refractivity contribution in [1.29, 1.82) is 0 Å². The van der Waals surface area contributed by atoms with E-state index >= 15 is 0 Å². The maximum absolute atomic E-state index is 6.26. The lowest BCUT2D eigenvalue weighted by Gasteiger charge is -2.28. The summed E-state index contributed by atoms with van der Waals surface area (Å²) in [6.45, 7) is 0. The molecule has 0 aliphatic heterocycles. The number of hydrogen-bond donors (Lipinski definition) is 2. The molecule has 2 rings (SSSR count). The van der Waals surface area contributed by atoms with Crippen molar-refractivity contribution >= 4 is 17.3 Å². The Morgan fingerprint density at radius 3 is 2.26 bits per heavy atom. The molecule has 0 amide bonds. The molecule has 1 saturated carbocycles. The molecule has 3 N–H and O–H groups in total. The molecule has 106 valence electrons. The normalized spacial score (nSPS) is 22.9. The number of rotatable bonds is 4. The highest BCUT2D eigenvalue weighted by atomic mass is 35.5. The fourth-order valence-electron chi connectivity index (χ4n) is 2.45. The monoisotopic (exact) mass is 284 g/mol. The third kappa shape index (κ3) is 3.45. The molecule has 0 unspecified atom stereocenters. The average Bonchev–Trinajstić information content (AvgIpc) is 2.43. The summed E-state index contributed by atoms with van der Waals surface area (Å²) in [4.78, 5) is 0. The first-order valence-electron chi connectivity index (χ1n) is 6.57. The van der Waals surface area contributed by atoms with Crippen LogP contribution in [-0.4, -0.2) is 26.3 Å². The maximum Gasteiger partial charge on any atom is 0.162 e. The second-order valence-corrected chi connectivity index (χ2v) is 5.35. The lowest BCUT2D eigenvalue weighted by molar-refractivity contribution is 0.355. The van der Waals surface area contributed by atoms with Crippen LogP contribution in [0.3, 0.4) is 0 Å². The van der Waals surface area contributed by atoms with Gasteiger partial charge in [0.05, 0.1) is 24.9 Å². The van der Waals surface area contributed by atoms with E-state index in [-0.39, 0.29) is 0 Å². The minimum Gasteiger partial charge on any atom is -0.493 e. The van der Waals surface area contributed by atoms with E-state index in [9.17, 15) is 0 Å². The first-order valence-corrected chi connectivity index (χ1v) is 6.95. The van der Waals surface area contributed by atoms with Crippen molar-refractivity contribution in [2.75, 3.05) is 19.5 Å². The van der Waals surface area contributed by atoms with Crippen LogP contribution < -0.4 is 20.5 Å². The van der Waals surface area contributed by atoms with Gasteiger partial charge in [-0.2, -0.15) is 0 Å². The molecule has 1 fully saturated rings. The van der Waals surface area contributed by atoms with Crippen LogP contribution in [0.25, 0.3) is 0 Å². The van der Waals surface area contributed by atoms with Crippen molar-refractivity contribution in [3.63, 3.8) is 0 Å². The molecule has 0 saturated heterocycles. The van der Waals surface area contributed by atoms with Gasteiger partial charge in [-0.05, 0) is 25.7 Å². The number of benzene rings is 1. The highest BCUT2D eigenvalue weighted by Gasteiger charge is 2.19. The average molecular weight is 285 g/mol. The third-order valence-electron chi connectivity index (χ3n) is 3.60. The third-order valence-corrected chi connectivity index (χ3v) is 3.92. The summed E-state index contributed by atoms with van der Waals surface area (Å²) in [5.74, 6) is 1.32. The summed E-state index contributed by atoms with van der Waals surface area (Å²) in [7, 11) is 3.22. The van der Waals surface area contributed by atoms with Gasteiger partial charge < -0.3 is 20.5 Å². The summed E-state index contributed by atoms with van der Waals surface area (Å²) in [5.41, 5.74) is 6.80. The number of hydrogen-bond acceptors (Lipinski definition) is 4. The number of anilines is 1. The lowest BCUT2D eigenvalue weighted by atomic mass is 9.91. The fraction of sp³-hybridized carbons (Fsp3) is 0.571. The van der Waals surface area contributed by atoms with Gasteiger partial charge in [-0.15, -0.1) is 0 Å². The molecule has 1 aromatic rings. The second-order valence-electron chi connectivity index (χ2n) is 4.94. The van der Waals surface area contributed by atoms with Gasteiger partial charge in [0.1, 0.15) is 0 Å². The standard InChI is InChI=1S/C14H21ClN2O2/c1-18-13-7-11(15)12(8-14(13)19-2)17-10-5-3-9(16)4-6-10/h7-10,17H,3-6,16H2,1-2H3. The van der Waals surface area contributed by atoms with Crippen LogP contribution in [0.2, 0.25) is 5.02 Å². The summed E-state index contributed by atoms with van der Waals surface area (Å²) in [5, 5.41) is 4.12. The Hall–Kier alpha value is -1.13. The predicted octanol–water partition coefficient (Wildman–Crippen LogP) is 3.04. The minimum atomic E-state index is 0.346. The zero-order chi connectivity index (χ0) is 13.8. The summed E-state index contributed by atoms with van der Waals surface area (Å²) in [6.07, 6.45) is 4.27. The SMILES string of the molecule is COc1cc(Cl)c(NC2CCC(N)CC2)cc1OC. The molecule has 0 bridgehead atoms. The van der Waals surface area contributed by atoms with Gasteiger partial charge in [0.15, 0.2) is 11.5 Å². The molecule has 1 aliphatic carbocycles. The molecular weight excluding hydrogens is 264 g/mol. The first kappa shape index (κ1) is 14.3. The van der Waals surface area contributed by atoms with Crippen molar-refractivity contribution in [3.8, 4) is 11.5 Å². The van der Waals surface area contributed by atoms with E-state index in [0.29, 0.717) is 28.6 Å². The molecule has 5 heteroatoms. The molecule has 4 nitrogen and oxygen atoms in total. The Bertz CT molecular complexity index is 432. The van der Waals surface area contributed by atoms with Gasteiger partial charge >= 0.3 is 0 Å². The van der Waals surface area contributed by atoms with Crippen LogP contribution in [0.4, 0.5) is 5.69 Å². The number of methoxy groups -OCH3 is 2. The van der Waals surface area contributed by atoms with Crippen molar-refractivity contribution in [2.24, 2.45) is 5.73 Å². The molecule has 1 aromatic carbocycles. The van der Waals surface area contributed by atoms with Gasteiger partial charge in [0.2, 0.25) is 0 Å². The Balaban J connectivity index is 2.11. The van der Waals surface area contributed by atoms with Crippen molar-refractivity contribution in [1.82, 2.24) is 0 Å². The van der Waals surface area contributed by atoms with E-state index in [1.807, 2.05) is 6.07 Å². The van der Waals surface area contributed by atoms with Gasteiger partial charge in [0, 0.05) is 24.2 Å². The maximum atomic E-state index is 6.26.